The zero-order valence-corrected chi connectivity index (χ0v) is 15.2. The molecule has 0 radical (unpaired) electrons. The Labute approximate surface area is 155 Å². The van der Waals surface area contributed by atoms with Gasteiger partial charge in [0.2, 0.25) is 0 Å². The number of nitrogens with one attached hydrogen (secondary N) is 1. The molecule has 5 nitrogen and oxygen atoms in total. The molecular formula is C21H27N3O2. The third-order valence-corrected chi connectivity index (χ3v) is 5.21. The average molecular weight is 353 g/mol. The van der Waals surface area contributed by atoms with Crippen LogP contribution in [0.3, 0.4) is 0 Å². The third kappa shape index (κ3) is 5.34. The van der Waals surface area contributed by atoms with E-state index in [1.807, 2.05) is 12.1 Å². The molecular weight excluding hydrogens is 326 g/mol. The lowest BCUT2D eigenvalue weighted by Crippen LogP contribution is -2.35. The molecule has 1 atom stereocenters. The van der Waals surface area contributed by atoms with Crippen molar-refractivity contribution in [3.8, 4) is 6.07 Å². The van der Waals surface area contributed by atoms with E-state index in [1.165, 1.54) is 5.56 Å². The maximum absolute atomic E-state index is 12.2. The van der Waals surface area contributed by atoms with E-state index in [1.54, 1.807) is 6.20 Å². The summed E-state index contributed by atoms with van der Waals surface area (Å²) < 4.78 is 5.50. The van der Waals surface area contributed by atoms with Crippen LogP contribution in [-0.2, 0) is 16.0 Å². The molecule has 0 bridgehead atoms. The Morgan fingerprint density at radius 2 is 2.04 bits per heavy atom. The minimum Gasteiger partial charge on any atom is -0.376 e. The monoisotopic (exact) mass is 353 g/mol. The van der Waals surface area contributed by atoms with E-state index in [0.717, 1.165) is 51.8 Å². The SMILES string of the molecule is N#C/C(=C/N1CCC(Cc2ccccc2)CC1)C(=O)NCC1CCCO1. The van der Waals surface area contributed by atoms with Gasteiger partial charge in [-0.05, 0) is 43.6 Å². The van der Waals surface area contributed by atoms with E-state index >= 15 is 0 Å². The fourth-order valence-electron chi connectivity index (χ4n) is 3.66. The number of nitriles is 1. The van der Waals surface area contributed by atoms with Crippen LogP contribution < -0.4 is 5.32 Å². The van der Waals surface area contributed by atoms with Crippen molar-refractivity contribution in [1.29, 1.82) is 5.26 Å². The highest BCUT2D eigenvalue weighted by Gasteiger charge is 2.21. The standard InChI is InChI=1S/C21H27N3O2/c22-14-19(21(25)23-15-20-7-4-12-26-20)16-24-10-8-18(9-11-24)13-17-5-2-1-3-6-17/h1-3,5-6,16,18,20H,4,7-13,15H2,(H,23,25)/b19-16-. The molecule has 2 aliphatic heterocycles. The first kappa shape index (κ1) is 18.5. The number of rotatable bonds is 6. The van der Waals surface area contributed by atoms with Crippen molar-refractivity contribution in [2.45, 2.75) is 38.2 Å². The summed E-state index contributed by atoms with van der Waals surface area (Å²) >= 11 is 0. The Hall–Kier alpha value is -2.32. The maximum atomic E-state index is 12.2. The number of piperidine rings is 1. The quantitative estimate of drug-likeness (QED) is 0.631. The van der Waals surface area contributed by atoms with E-state index in [-0.39, 0.29) is 17.6 Å². The van der Waals surface area contributed by atoms with E-state index in [2.05, 4.69) is 34.5 Å². The number of ether oxygens (including phenoxy) is 1. The Bertz CT molecular complexity index is 652. The molecule has 1 aromatic carbocycles. The van der Waals surface area contributed by atoms with Gasteiger partial charge in [0.1, 0.15) is 11.6 Å². The summed E-state index contributed by atoms with van der Waals surface area (Å²) in [6.07, 6.45) is 7.10. The van der Waals surface area contributed by atoms with Gasteiger partial charge in [-0.2, -0.15) is 5.26 Å². The Kier molecular flexibility index (Phi) is 6.68. The van der Waals surface area contributed by atoms with Crippen LogP contribution in [0.2, 0.25) is 0 Å². The van der Waals surface area contributed by atoms with Crippen LogP contribution in [0.25, 0.3) is 0 Å². The summed E-state index contributed by atoms with van der Waals surface area (Å²) in [5.74, 6) is 0.371. The molecule has 1 unspecified atom stereocenters. The van der Waals surface area contributed by atoms with Crippen molar-refractivity contribution in [1.82, 2.24) is 10.2 Å². The molecule has 1 aromatic rings. The number of benzene rings is 1. The molecule has 0 aliphatic carbocycles. The molecule has 3 rings (SSSR count). The van der Waals surface area contributed by atoms with Crippen molar-refractivity contribution in [2.24, 2.45) is 5.92 Å². The van der Waals surface area contributed by atoms with Crippen LogP contribution in [0.5, 0.6) is 0 Å². The van der Waals surface area contributed by atoms with Gasteiger partial charge in [-0.25, -0.2) is 0 Å². The summed E-state index contributed by atoms with van der Waals surface area (Å²) in [6, 6.07) is 12.6. The van der Waals surface area contributed by atoms with E-state index in [0.29, 0.717) is 12.5 Å². The Morgan fingerprint density at radius 1 is 1.27 bits per heavy atom. The summed E-state index contributed by atoms with van der Waals surface area (Å²) in [5, 5.41) is 12.2. The maximum Gasteiger partial charge on any atom is 0.263 e. The van der Waals surface area contributed by atoms with Crippen LogP contribution >= 0.6 is 0 Å². The minimum atomic E-state index is -0.297. The van der Waals surface area contributed by atoms with Gasteiger partial charge in [0.15, 0.2) is 0 Å². The van der Waals surface area contributed by atoms with Gasteiger partial charge in [0.05, 0.1) is 6.10 Å². The van der Waals surface area contributed by atoms with Gasteiger partial charge in [-0.3, -0.25) is 4.79 Å². The molecule has 0 spiro atoms. The summed E-state index contributed by atoms with van der Waals surface area (Å²) in [5.41, 5.74) is 1.57. The predicted octanol–water partition coefficient (Wildman–Crippen LogP) is 2.64. The number of likely N-dealkylation sites (tertiary alicyclic amines) is 1. The number of amides is 1. The molecule has 2 saturated heterocycles. The zero-order chi connectivity index (χ0) is 18.2. The zero-order valence-electron chi connectivity index (χ0n) is 15.2. The fraction of sp³-hybridized carbons (Fsp3) is 0.524. The van der Waals surface area contributed by atoms with Gasteiger partial charge in [0.25, 0.3) is 5.91 Å². The first-order valence-corrected chi connectivity index (χ1v) is 9.54. The molecule has 1 amide bonds. The lowest BCUT2D eigenvalue weighted by molar-refractivity contribution is -0.117. The van der Waals surface area contributed by atoms with E-state index in [4.69, 9.17) is 4.74 Å². The van der Waals surface area contributed by atoms with Crippen LogP contribution in [-0.4, -0.2) is 43.2 Å². The Morgan fingerprint density at radius 3 is 2.69 bits per heavy atom. The topological polar surface area (TPSA) is 65.4 Å². The van der Waals surface area contributed by atoms with Crippen LogP contribution in [0, 0.1) is 17.2 Å². The van der Waals surface area contributed by atoms with Gasteiger partial charge in [-0.1, -0.05) is 30.3 Å². The predicted molar refractivity (Wildman–Crippen MR) is 100 cm³/mol. The second kappa shape index (κ2) is 9.40. The molecule has 2 fully saturated rings. The number of hydrogen-bond donors (Lipinski definition) is 1. The molecule has 1 N–H and O–H groups in total. The number of hydrogen-bond acceptors (Lipinski definition) is 4. The fourth-order valence-corrected chi connectivity index (χ4v) is 3.66. The molecule has 0 saturated carbocycles. The third-order valence-electron chi connectivity index (χ3n) is 5.21. The minimum absolute atomic E-state index is 0.0904. The number of carbonyl (C=O) groups is 1. The summed E-state index contributed by atoms with van der Waals surface area (Å²) in [4.78, 5) is 14.3. The average Bonchev–Trinajstić information content (AvgIpc) is 3.20. The van der Waals surface area contributed by atoms with E-state index < -0.39 is 0 Å². The van der Waals surface area contributed by atoms with Crippen molar-refractivity contribution >= 4 is 5.91 Å². The summed E-state index contributed by atoms with van der Waals surface area (Å²) in [7, 11) is 0. The molecule has 5 heteroatoms. The highest BCUT2D eigenvalue weighted by Crippen LogP contribution is 2.22. The van der Waals surface area contributed by atoms with Gasteiger partial charge < -0.3 is 15.0 Å². The largest absolute Gasteiger partial charge is 0.376 e. The highest BCUT2D eigenvalue weighted by molar-refractivity contribution is 5.97. The van der Waals surface area contributed by atoms with Crippen molar-refractivity contribution in [2.75, 3.05) is 26.2 Å². The lowest BCUT2D eigenvalue weighted by Gasteiger charge is -2.31. The first-order chi connectivity index (χ1) is 12.7. The second-order valence-corrected chi connectivity index (χ2v) is 7.17. The molecule has 138 valence electrons. The van der Waals surface area contributed by atoms with Crippen molar-refractivity contribution in [3.63, 3.8) is 0 Å². The summed E-state index contributed by atoms with van der Waals surface area (Å²) in [6.45, 7) is 3.03. The molecule has 2 heterocycles. The highest BCUT2D eigenvalue weighted by atomic mass is 16.5. The molecule has 26 heavy (non-hydrogen) atoms. The van der Waals surface area contributed by atoms with Gasteiger partial charge in [-0.15, -0.1) is 0 Å². The lowest BCUT2D eigenvalue weighted by atomic mass is 9.90. The normalized spacial score (nSPS) is 21.4. The second-order valence-electron chi connectivity index (χ2n) is 7.17. The first-order valence-electron chi connectivity index (χ1n) is 9.54. The van der Waals surface area contributed by atoms with Crippen LogP contribution in [0.15, 0.2) is 42.1 Å². The number of nitrogens with zero attached hydrogens (tertiary/aromatic N) is 2. The van der Waals surface area contributed by atoms with Crippen molar-refractivity contribution in [3.05, 3.63) is 47.7 Å². The van der Waals surface area contributed by atoms with Gasteiger partial charge >= 0.3 is 0 Å². The molecule has 2 aliphatic rings. The van der Waals surface area contributed by atoms with E-state index in [9.17, 15) is 10.1 Å². The van der Waals surface area contributed by atoms with Crippen molar-refractivity contribution < 1.29 is 9.53 Å². The van der Waals surface area contributed by atoms with Crippen LogP contribution in [0.1, 0.15) is 31.2 Å². The number of carbonyl (C=O) groups excluding carboxylic acids is 1. The smallest absolute Gasteiger partial charge is 0.263 e. The van der Waals surface area contributed by atoms with Gasteiger partial charge in [0, 0.05) is 32.4 Å². The van der Waals surface area contributed by atoms with Crippen LogP contribution in [0.4, 0.5) is 0 Å². The Balaban J connectivity index is 1.46. The molecule has 0 aromatic heterocycles.